The highest BCUT2D eigenvalue weighted by Crippen LogP contribution is 2.28. The van der Waals surface area contributed by atoms with Crippen LogP contribution in [0, 0.1) is 6.92 Å². The molecule has 9 heteroatoms. The molecule has 0 radical (unpaired) electrons. The first kappa shape index (κ1) is 17.4. The lowest BCUT2D eigenvalue weighted by Gasteiger charge is -2.28. The van der Waals surface area contributed by atoms with Crippen molar-refractivity contribution in [3.8, 4) is 0 Å². The lowest BCUT2D eigenvalue weighted by atomic mass is 10.1. The molecule has 3 rings (SSSR count). The third-order valence-corrected chi connectivity index (χ3v) is 5.42. The van der Waals surface area contributed by atoms with Crippen LogP contribution in [0.15, 0.2) is 35.5 Å². The minimum Gasteiger partial charge on any atom is -0.393 e. The van der Waals surface area contributed by atoms with Gasteiger partial charge in [-0.25, -0.2) is 18.4 Å². The van der Waals surface area contributed by atoms with E-state index in [1.807, 2.05) is 6.92 Å². The predicted octanol–water partition coefficient (Wildman–Crippen LogP) is 1.66. The molecule has 1 fully saturated rings. The van der Waals surface area contributed by atoms with Gasteiger partial charge in [0.15, 0.2) is 11.6 Å². The number of aromatic nitrogens is 2. The number of rotatable bonds is 5. The Morgan fingerprint density at radius 3 is 2.44 bits per heavy atom. The number of nitrogen functional groups attached to an aromatic ring is 1. The zero-order valence-electron chi connectivity index (χ0n) is 14.1. The minimum absolute atomic E-state index is 0.162. The van der Waals surface area contributed by atoms with E-state index in [4.69, 9.17) is 5.73 Å². The van der Waals surface area contributed by atoms with Crippen molar-refractivity contribution in [3.63, 3.8) is 0 Å². The number of hydrazine groups is 1. The highest BCUT2D eigenvalue weighted by atomic mass is 32.2. The first-order chi connectivity index (χ1) is 12.0. The maximum absolute atomic E-state index is 12.3. The van der Waals surface area contributed by atoms with E-state index in [1.165, 1.54) is 12.7 Å². The molecule has 1 aliphatic heterocycles. The van der Waals surface area contributed by atoms with Gasteiger partial charge in [-0.1, -0.05) is 17.7 Å². The van der Waals surface area contributed by atoms with Crippen molar-refractivity contribution >= 4 is 27.3 Å². The van der Waals surface area contributed by atoms with Gasteiger partial charge in [-0.15, -0.1) is 4.83 Å². The molecule has 0 unspecified atom stereocenters. The fraction of sp³-hybridized carbons (Fsp3) is 0.375. The molecule has 134 valence electrons. The Kier molecular flexibility index (Phi) is 5.05. The summed E-state index contributed by atoms with van der Waals surface area (Å²) in [4.78, 5) is 12.9. The van der Waals surface area contributed by atoms with Gasteiger partial charge in [0.25, 0.3) is 10.0 Å². The number of nitrogens with one attached hydrogen (secondary N) is 2. The molecule has 0 spiro atoms. The first-order valence-electron chi connectivity index (χ1n) is 8.17. The van der Waals surface area contributed by atoms with Crippen LogP contribution in [-0.4, -0.2) is 31.5 Å². The molecule has 0 aliphatic carbocycles. The molecule has 2 heterocycles. The third kappa shape index (κ3) is 3.99. The minimum atomic E-state index is -3.72. The van der Waals surface area contributed by atoms with Gasteiger partial charge in [0, 0.05) is 13.1 Å². The van der Waals surface area contributed by atoms with Crippen LogP contribution in [-0.2, 0) is 10.0 Å². The molecular weight excluding hydrogens is 340 g/mol. The van der Waals surface area contributed by atoms with Crippen molar-refractivity contribution in [2.45, 2.75) is 31.1 Å². The average Bonchev–Trinajstić information content (AvgIpc) is 2.62. The Morgan fingerprint density at radius 1 is 1.08 bits per heavy atom. The summed E-state index contributed by atoms with van der Waals surface area (Å²) in [6.45, 7) is 3.66. The second-order valence-electron chi connectivity index (χ2n) is 6.05. The molecule has 1 aromatic heterocycles. The molecule has 0 bridgehead atoms. The number of piperidine rings is 1. The van der Waals surface area contributed by atoms with Crippen molar-refractivity contribution in [2.24, 2.45) is 0 Å². The Bertz CT molecular complexity index is 832. The van der Waals surface area contributed by atoms with Crippen LogP contribution in [0.4, 0.5) is 17.3 Å². The number of benzene rings is 1. The Labute approximate surface area is 147 Å². The lowest BCUT2D eigenvalue weighted by molar-refractivity contribution is 0.573. The highest BCUT2D eigenvalue weighted by Gasteiger charge is 2.19. The van der Waals surface area contributed by atoms with E-state index in [0.29, 0.717) is 11.5 Å². The van der Waals surface area contributed by atoms with Crippen LogP contribution in [0.2, 0.25) is 0 Å². The number of hydrogen-bond donors (Lipinski definition) is 3. The summed E-state index contributed by atoms with van der Waals surface area (Å²) in [6, 6.07) is 6.56. The summed E-state index contributed by atoms with van der Waals surface area (Å²) in [6.07, 6.45) is 4.75. The quantitative estimate of drug-likeness (QED) is 0.693. The van der Waals surface area contributed by atoms with E-state index in [9.17, 15) is 8.42 Å². The number of hydrogen-bond acceptors (Lipinski definition) is 7. The fourth-order valence-electron chi connectivity index (χ4n) is 2.74. The van der Waals surface area contributed by atoms with E-state index in [-0.39, 0.29) is 10.7 Å². The lowest BCUT2D eigenvalue weighted by Crippen LogP contribution is -2.33. The normalized spacial score (nSPS) is 15.2. The van der Waals surface area contributed by atoms with Crippen molar-refractivity contribution in [3.05, 3.63) is 36.2 Å². The van der Waals surface area contributed by atoms with Gasteiger partial charge in [0.05, 0.1) is 4.90 Å². The Morgan fingerprint density at radius 2 is 1.76 bits per heavy atom. The van der Waals surface area contributed by atoms with Gasteiger partial charge < -0.3 is 10.6 Å². The standard InChI is InChI=1S/C16H22N6O2S/c1-12-5-7-13(8-6-12)25(23,24)21-20-15-14(17)16(19-11-18-15)22-9-3-2-4-10-22/h5-8,11,21H,2-4,9-10,17H2,1H3,(H,18,19,20). The second kappa shape index (κ2) is 7.24. The maximum Gasteiger partial charge on any atom is 0.257 e. The average molecular weight is 362 g/mol. The van der Waals surface area contributed by atoms with Crippen LogP contribution in [0.25, 0.3) is 0 Å². The van der Waals surface area contributed by atoms with Gasteiger partial charge in [-0.3, -0.25) is 5.43 Å². The summed E-state index contributed by atoms with van der Waals surface area (Å²) >= 11 is 0. The van der Waals surface area contributed by atoms with Crippen LogP contribution < -0.4 is 20.9 Å². The fourth-order valence-corrected chi connectivity index (χ4v) is 3.58. The number of anilines is 3. The van der Waals surface area contributed by atoms with E-state index < -0.39 is 10.0 Å². The molecule has 0 amide bonds. The van der Waals surface area contributed by atoms with Crippen LogP contribution in [0.5, 0.6) is 0 Å². The highest BCUT2D eigenvalue weighted by molar-refractivity contribution is 7.89. The van der Waals surface area contributed by atoms with Crippen molar-refractivity contribution in [1.82, 2.24) is 14.8 Å². The molecule has 1 aromatic carbocycles. The van der Waals surface area contributed by atoms with Gasteiger partial charge >= 0.3 is 0 Å². The van der Waals surface area contributed by atoms with Crippen molar-refractivity contribution < 1.29 is 8.42 Å². The van der Waals surface area contributed by atoms with E-state index in [0.717, 1.165) is 31.5 Å². The Hall–Kier alpha value is -2.39. The summed E-state index contributed by atoms with van der Waals surface area (Å²) < 4.78 is 24.7. The van der Waals surface area contributed by atoms with Crippen LogP contribution in [0.1, 0.15) is 24.8 Å². The zero-order chi connectivity index (χ0) is 17.9. The van der Waals surface area contributed by atoms with E-state index in [1.54, 1.807) is 24.3 Å². The summed E-state index contributed by atoms with van der Waals surface area (Å²) in [5, 5.41) is 0. The molecule has 1 aliphatic rings. The van der Waals surface area contributed by atoms with Gasteiger partial charge in [0.1, 0.15) is 12.0 Å². The SMILES string of the molecule is Cc1ccc(S(=O)(=O)NNc2ncnc(N3CCCCC3)c2N)cc1. The van der Waals surface area contributed by atoms with Gasteiger partial charge in [-0.05, 0) is 38.3 Å². The molecule has 0 atom stereocenters. The van der Waals surface area contributed by atoms with E-state index in [2.05, 4.69) is 25.1 Å². The monoisotopic (exact) mass is 362 g/mol. The first-order valence-corrected chi connectivity index (χ1v) is 9.65. The molecule has 4 N–H and O–H groups in total. The molecule has 25 heavy (non-hydrogen) atoms. The van der Waals surface area contributed by atoms with Gasteiger partial charge in [0.2, 0.25) is 0 Å². The third-order valence-electron chi connectivity index (χ3n) is 4.15. The number of nitrogens with zero attached hydrogens (tertiary/aromatic N) is 3. The topological polar surface area (TPSA) is 113 Å². The maximum atomic E-state index is 12.3. The molecule has 8 nitrogen and oxygen atoms in total. The van der Waals surface area contributed by atoms with Crippen LogP contribution in [0.3, 0.4) is 0 Å². The van der Waals surface area contributed by atoms with Gasteiger partial charge in [-0.2, -0.15) is 0 Å². The molecular formula is C16H22N6O2S. The van der Waals surface area contributed by atoms with Crippen LogP contribution >= 0.6 is 0 Å². The number of aryl methyl sites for hydroxylation is 1. The summed E-state index contributed by atoms with van der Waals surface area (Å²) in [5.41, 5.74) is 10.1. The Balaban J connectivity index is 1.75. The number of nitrogens with two attached hydrogens (primary N) is 1. The molecule has 1 saturated heterocycles. The zero-order valence-corrected chi connectivity index (χ0v) is 14.9. The second-order valence-corrected chi connectivity index (χ2v) is 7.73. The smallest absolute Gasteiger partial charge is 0.257 e. The largest absolute Gasteiger partial charge is 0.393 e. The molecule has 2 aromatic rings. The predicted molar refractivity (Wildman–Crippen MR) is 97.6 cm³/mol. The van der Waals surface area contributed by atoms with Crippen molar-refractivity contribution in [1.29, 1.82) is 0 Å². The van der Waals surface area contributed by atoms with Crippen molar-refractivity contribution in [2.75, 3.05) is 29.1 Å². The molecule has 0 saturated carbocycles. The summed E-state index contributed by atoms with van der Waals surface area (Å²) in [7, 11) is -3.72. The summed E-state index contributed by atoms with van der Waals surface area (Å²) in [5.74, 6) is 0.873. The van der Waals surface area contributed by atoms with E-state index >= 15 is 0 Å². The number of sulfonamides is 1.